The minimum absolute atomic E-state index is 0.366. The van der Waals surface area contributed by atoms with Gasteiger partial charge in [0.15, 0.2) is 0 Å². The molecule has 1 atom stereocenters. The highest BCUT2D eigenvalue weighted by Gasteiger charge is 2.32. The van der Waals surface area contributed by atoms with E-state index in [1.807, 2.05) is 13.0 Å². The molecule has 1 fully saturated rings. The number of aromatic nitrogens is 2. The minimum atomic E-state index is -0.787. The van der Waals surface area contributed by atoms with Gasteiger partial charge in [0.25, 0.3) is 0 Å². The van der Waals surface area contributed by atoms with Gasteiger partial charge in [0.1, 0.15) is 5.60 Å². The quantitative estimate of drug-likeness (QED) is 0.848. The molecule has 0 amide bonds. The van der Waals surface area contributed by atoms with E-state index >= 15 is 0 Å². The van der Waals surface area contributed by atoms with Gasteiger partial charge in [-0.05, 0) is 18.9 Å². The van der Waals surface area contributed by atoms with E-state index in [9.17, 15) is 5.11 Å². The van der Waals surface area contributed by atoms with Crippen LogP contribution in [0.25, 0.3) is 0 Å². The third-order valence-electron chi connectivity index (χ3n) is 3.12. The second-order valence-electron chi connectivity index (χ2n) is 5.29. The van der Waals surface area contributed by atoms with Gasteiger partial charge in [-0.1, -0.05) is 13.8 Å². The normalized spacial score (nSPS) is 23.6. The van der Waals surface area contributed by atoms with E-state index in [0.29, 0.717) is 38.0 Å². The number of nitrogens with one attached hydrogen (secondary N) is 1. The number of nitrogens with zero attached hydrogens (tertiary/aromatic N) is 2. The van der Waals surface area contributed by atoms with Crippen LogP contribution in [0.4, 0.5) is 5.95 Å². The lowest BCUT2D eigenvalue weighted by molar-refractivity contribution is 0.0380. The molecule has 5 heteroatoms. The predicted molar refractivity (Wildman–Crippen MR) is 69.7 cm³/mol. The molecule has 100 valence electrons. The lowest BCUT2D eigenvalue weighted by atomic mass is 10.0. The van der Waals surface area contributed by atoms with Crippen LogP contribution in [0.1, 0.15) is 37.6 Å². The van der Waals surface area contributed by atoms with Crippen molar-refractivity contribution < 1.29 is 9.84 Å². The maximum absolute atomic E-state index is 10.2. The van der Waals surface area contributed by atoms with Crippen molar-refractivity contribution >= 4 is 5.95 Å². The molecule has 2 N–H and O–H groups in total. The summed E-state index contributed by atoms with van der Waals surface area (Å²) in [6.45, 7) is 7.57. The fourth-order valence-electron chi connectivity index (χ4n) is 1.95. The first-order valence-electron chi connectivity index (χ1n) is 6.38. The molecular weight excluding hydrogens is 230 g/mol. The van der Waals surface area contributed by atoms with E-state index in [1.54, 1.807) is 0 Å². The molecule has 0 saturated carbocycles. The van der Waals surface area contributed by atoms with Gasteiger partial charge in [0.2, 0.25) is 5.95 Å². The van der Waals surface area contributed by atoms with Crippen LogP contribution in [0.2, 0.25) is 0 Å². The zero-order valence-corrected chi connectivity index (χ0v) is 11.2. The van der Waals surface area contributed by atoms with Crippen molar-refractivity contribution in [3.8, 4) is 0 Å². The van der Waals surface area contributed by atoms with E-state index < -0.39 is 5.60 Å². The molecule has 2 rings (SSSR count). The largest absolute Gasteiger partial charge is 0.386 e. The van der Waals surface area contributed by atoms with Crippen molar-refractivity contribution in [2.45, 2.75) is 38.7 Å². The fraction of sp³-hybridized carbons (Fsp3) is 0.692. The van der Waals surface area contributed by atoms with Crippen molar-refractivity contribution in [2.24, 2.45) is 0 Å². The lowest BCUT2D eigenvalue weighted by Gasteiger charge is -2.21. The molecule has 18 heavy (non-hydrogen) atoms. The molecule has 1 unspecified atom stereocenters. The van der Waals surface area contributed by atoms with Gasteiger partial charge < -0.3 is 15.2 Å². The Bertz CT molecular complexity index is 415. The Hall–Kier alpha value is -1.20. The molecule has 1 saturated heterocycles. The van der Waals surface area contributed by atoms with Gasteiger partial charge in [-0.25, -0.2) is 9.97 Å². The second kappa shape index (κ2) is 5.20. The minimum Gasteiger partial charge on any atom is -0.386 e. The summed E-state index contributed by atoms with van der Waals surface area (Å²) in [5, 5.41) is 13.3. The van der Waals surface area contributed by atoms with Gasteiger partial charge in [0.05, 0.1) is 6.61 Å². The maximum atomic E-state index is 10.2. The number of hydrogen-bond acceptors (Lipinski definition) is 5. The van der Waals surface area contributed by atoms with Crippen LogP contribution >= 0.6 is 0 Å². The summed E-state index contributed by atoms with van der Waals surface area (Å²) in [5.74, 6) is 0.948. The van der Waals surface area contributed by atoms with Crippen LogP contribution in [0.5, 0.6) is 0 Å². The van der Waals surface area contributed by atoms with Crippen LogP contribution < -0.4 is 5.32 Å². The summed E-state index contributed by atoms with van der Waals surface area (Å²) >= 11 is 0. The number of aliphatic hydroxyl groups is 1. The highest BCUT2D eigenvalue weighted by atomic mass is 16.5. The number of aryl methyl sites for hydroxylation is 1. The monoisotopic (exact) mass is 251 g/mol. The van der Waals surface area contributed by atoms with Crippen molar-refractivity contribution in [2.75, 3.05) is 25.1 Å². The zero-order valence-electron chi connectivity index (χ0n) is 11.2. The first-order chi connectivity index (χ1) is 8.48. The molecule has 0 aromatic carbocycles. The summed E-state index contributed by atoms with van der Waals surface area (Å²) in [5.41, 5.74) is 1.16. The Morgan fingerprint density at radius 1 is 1.50 bits per heavy atom. The Labute approximate surface area is 108 Å². The SMILES string of the molecule is Cc1cc(C(C)C)nc(NCC2(O)CCOC2)n1. The van der Waals surface area contributed by atoms with E-state index in [4.69, 9.17) is 4.74 Å². The fourth-order valence-corrected chi connectivity index (χ4v) is 1.95. The van der Waals surface area contributed by atoms with E-state index in [-0.39, 0.29) is 0 Å². The lowest BCUT2D eigenvalue weighted by Crippen LogP contribution is -2.37. The average Bonchev–Trinajstić information content (AvgIpc) is 2.73. The summed E-state index contributed by atoms with van der Waals surface area (Å²) in [6, 6.07) is 1.99. The molecule has 0 radical (unpaired) electrons. The van der Waals surface area contributed by atoms with Crippen LogP contribution in [0.3, 0.4) is 0 Å². The van der Waals surface area contributed by atoms with Gasteiger partial charge in [-0.2, -0.15) is 0 Å². The highest BCUT2D eigenvalue weighted by molar-refractivity contribution is 5.29. The number of hydrogen-bond donors (Lipinski definition) is 2. The van der Waals surface area contributed by atoms with Crippen molar-refractivity contribution in [1.82, 2.24) is 9.97 Å². The Morgan fingerprint density at radius 2 is 2.28 bits per heavy atom. The molecule has 2 heterocycles. The maximum Gasteiger partial charge on any atom is 0.223 e. The van der Waals surface area contributed by atoms with Crippen LogP contribution in [0, 0.1) is 6.92 Å². The van der Waals surface area contributed by atoms with Crippen molar-refractivity contribution in [3.05, 3.63) is 17.5 Å². The second-order valence-corrected chi connectivity index (χ2v) is 5.29. The van der Waals surface area contributed by atoms with Crippen LogP contribution in [-0.4, -0.2) is 40.4 Å². The molecule has 5 nitrogen and oxygen atoms in total. The van der Waals surface area contributed by atoms with E-state index in [0.717, 1.165) is 11.4 Å². The smallest absolute Gasteiger partial charge is 0.223 e. The first kappa shape index (κ1) is 13.2. The van der Waals surface area contributed by atoms with Crippen LogP contribution in [-0.2, 0) is 4.74 Å². The molecule has 0 spiro atoms. The Morgan fingerprint density at radius 3 is 2.89 bits per heavy atom. The Kier molecular flexibility index (Phi) is 3.82. The molecule has 1 aliphatic heterocycles. The molecule has 1 aromatic rings. The van der Waals surface area contributed by atoms with Gasteiger partial charge in [-0.3, -0.25) is 0 Å². The van der Waals surface area contributed by atoms with Gasteiger partial charge in [-0.15, -0.1) is 0 Å². The summed E-state index contributed by atoms with van der Waals surface area (Å²) in [7, 11) is 0. The molecule has 1 aromatic heterocycles. The molecule has 0 bridgehead atoms. The van der Waals surface area contributed by atoms with E-state index in [2.05, 4.69) is 29.1 Å². The summed E-state index contributed by atoms with van der Waals surface area (Å²) in [4.78, 5) is 8.79. The number of anilines is 1. The average molecular weight is 251 g/mol. The highest BCUT2D eigenvalue weighted by Crippen LogP contribution is 2.19. The summed E-state index contributed by atoms with van der Waals surface area (Å²) < 4.78 is 5.20. The number of rotatable bonds is 4. The van der Waals surface area contributed by atoms with Crippen molar-refractivity contribution in [1.29, 1.82) is 0 Å². The topological polar surface area (TPSA) is 67.3 Å². The summed E-state index contributed by atoms with van der Waals surface area (Å²) in [6.07, 6.45) is 0.656. The standard InChI is InChI=1S/C13H21N3O2/c1-9(2)11-6-10(3)15-12(16-11)14-7-13(17)4-5-18-8-13/h6,9,17H,4-5,7-8H2,1-3H3,(H,14,15,16). The molecule has 0 aliphatic carbocycles. The number of ether oxygens (including phenoxy) is 1. The van der Waals surface area contributed by atoms with E-state index in [1.165, 1.54) is 0 Å². The third kappa shape index (κ3) is 3.17. The van der Waals surface area contributed by atoms with Gasteiger partial charge in [0, 0.05) is 31.0 Å². The van der Waals surface area contributed by atoms with Gasteiger partial charge >= 0.3 is 0 Å². The zero-order chi connectivity index (χ0) is 13.2. The molecule has 1 aliphatic rings. The predicted octanol–water partition coefficient (Wildman–Crippen LogP) is 1.47. The first-order valence-corrected chi connectivity index (χ1v) is 6.38. The van der Waals surface area contributed by atoms with Crippen molar-refractivity contribution in [3.63, 3.8) is 0 Å². The Balaban J connectivity index is 2.04. The van der Waals surface area contributed by atoms with Crippen LogP contribution in [0.15, 0.2) is 6.07 Å². The third-order valence-corrected chi connectivity index (χ3v) is 3.12. The molecular formula is C13H21N3O2.